The number of nitrogens with two attached hydrogens (primary N) is 1. The summed E-state index contributed by atoms with van der Waals surface area (Å²) in [6.45, 7) is 3.89. The number of hydrogen-bond donors (Lipinski definition) is 1. The van der Waals surface area contributed by atoms with E-state index in [9.17, 15) is 13.2 Å². The number of hydrogen-bond acceptors (Lipinski definition) is 6. The van der Waals surface area contributed by atoms with Gasteiger partial charge in [0.05, 0.1) is 5.56 Å². The predicted octanol–water partition coefficient (Wildman–Crippen LogP) is 2.50. The van der Waals surface area contributed by atoms with Crippen LogP contribution in [-0.2, 0) is 12.6 Å². The number of nitrogens with zero attached hydrogens (tertiary/aromatic N) is 4. The fraction of sp³-hybridized carbons (Fsp3) is 0.467. The molecule has 1 aromatic carbocycles. The van der Waals surface area contributed by atoms with Gasteiger partial charge in [0.25, 0.3) is 0 Å². The second-order valence-electron chi connectivity index (χ2n) is 5.66. The van der Waals surface area contributed by atoms with E-state index in [0.29, 0.717) is 23.9 Å². The van der Waals surface area contributed by atoms with Crippen molar-refractivity contribution >= 4 is 22.2 Å². The highest BCUT2D eigenvalue weighted by molar-refractivity contribution is 7.15. The molecule has 1 aliphatic rings. The van der Waals surface area contributed by atoms with Gasteiger partial charge in [0.1, 0.15) is 5.01 Å². The minimum absolute atomic E-state index is 0.472. The summed E-state index contributed by atoms with van der Waals surface area (Å²) in [6, 6.07) is 5.52. The lowest BCUT2D eigenvalue weighted by molar-refractivity contribution is -0.137. The van der Waals surface area contributed by atoms with E-state index >= 15 is 0 Å². The average molecular weight is 357 g/mol. The van der Waals surface area contributed by atoms with Gasteiger partial charge in [0.15, 0.2) is 0 Å². The molecule has 5 nitrogen and oxygen atoms in total. The second-order valence-corrected chi connectivity index (χ2v) is 6.75. The van der Waals surface area contributed by atoms with E-state index in [-0.39, 0.29) is 0 Å². The van der Waals surface area contributed by atoms with Crippen molar-refractivity contribution in [3.05, 3.63) is 34.8 Å². The molecule has 0 aliphatic carbocycles. The van der Waals surface area contributed by atoms with Gasteiger partial charge in [-0.3, -0.25) is 4.90 Å². The van der Waals surface area contributed by atoms with E-state index in [1.807, 2.05) is 4.90 Å². The number of nitrogen functional groups attached to an aromatic ring is 1. The van der Waals surface area contributed by atoms with Crippen molar-refractivity contribution in [1.82, 2.24) is 15.1 Å². The Bertz CT molecular complexity index is 680. The normalized spacial score (nSPS) is 16.5. The summed E-state index contributed by atoms with van der Waals surface area (Å²) < 4.78 is 38.4. The van der Waals surface area contributed by atoms with Crippen molar-refractivity contribution in [2.45, 2.75) is 12.6 Å². The summed E-state index contributed by atoms with van der Waals surface area (Å²) in [5, 5.41) is 9.16. The number of halogens is 3. The maximum Gasteiger partial charge on any atom is 0.416 e. The largest absolute Gasteiger partial charge is 0.416 e. The molecule has 1 aliphatic heterocycles. The quantitative estimate of drug-likeness (QED) is 0.911. The molecule has 0 radical (unpaired) electrons. The molecule has 3 rings (SSSR count). The maximum atomic E-state index is 12.8. The minimum atomic E-state index is -4.30. The zero-order valence-corrected chi connectivity index (χ0v) is 13.8. The van der Waals surface area contributed by atoms with Crippen LogP contribution in [0.3, 0.4) is 0 Å². The Balaban J connectivity index is 1.53. The molecule has 2 aromatic rings. The number of rotatable bonds is 4. The molecule has 1 saturated heterocycles. The molecule has 0 amide bonds. The first kappa shape index (κ1) is 17.0. The van der Waals surface area contributed by atoms with E-state index in [2.05, 4.69) is 15.1 Å². The molecule has 130 valence electrons. The average Bonchev–Trinajstić information content (AvgIpc) is 2.98. The summed E-state index contributed by atoms with van der Waals surface area (Å²) in [7, 11) is 0. The Morgan fingerprint density at radius 3 is 2.50 bits per heavy atom. The van der Waals surface area contributed by atoms with Gasteiger partial charge in [0, 0.05) is 44.8 Å². The van der Waals surface area contributed by atoms with Crippen molar-refractivity contribution in [2.75, 3.05) is 43.4 Å². The first-order valence-electron chi connectivity index (χ1n) is 7.64. The van der Waals surface area contributed by atoms with Gasteiger partial charge in [-0.05, 0) is 18.2 Å². The lowest BCUT2D eigenvalue weighted by Crippen LogP contribution is -2.47. The molecule has 1 aromatic heterocycles. The zero-order chi connectivity index (χ0) is 17.2. The lowest BCUT2D eigenvalue weighted by Gasteiger charge is -2.36. The number of aromatic nitrogens is 2. The van der Waals surface area contributed by atoms with Crippen LogP contribution in [0.5, 0.6) is 0 Å². The van der Waals surface area contributed by atoms with Crippen LogP contribution in [0.15, 0.2) is 24.3 Å². The summed E-state index contributed by atoms with van der Waals surface area (Å²) in [5.41, 5.74) is 5.58. The SMILES string of the molecule is Nc1nnc(CCN2CCN(c3cccc(C(F)(F)F)c3)CC2)s1. The summed E-state index contributed by atoms with van der Waals surface area (Å²) in [6.07, 6.45) is -3.51. The van der Waals surface area contributed by atoms with Crippen LogP contribution in [0.25, 0.3) is 0 Å². The molecule has 0 unspecified atom stereocenters. The molecule has 2 N–H and O–H groups in total. The highest BCUT2D eigenvalue weighted by Gasteiger charge is 2.31. The fourth-order valence-corrected chi connectivity index (χ4v) is 3.33. The summed E-state index contributed by atoms with van der Waals surface area (Å²) >= 11 is 1.39. The molecule has 2 heterocycles. The zero-order valence-electron chi connectivity index (χ0n) is 13.0. The molecule has 0 atom stereocenters. The van der Waals surface area contributed by atoms with Crippen LogP contribution in [0.4, 0.5) is 24.0 Å². The molecule has 1 fully saturated rings. The van der Waals surface area contributed by atoms with E-state index in [4.69, 9.17) is 5.73 Å². The van der Waals surface area contributed by atoms with E-state index in [1.54, 1.807) is 6.07 Å². The highest BCUT2D eigenvalue weighted by Crippen LogP contribution is 2.31. The number of piperazine rings is 1. The Kier molecular flexibility index (Phi) is 4.91. The van der Waals surface area contributed by atoms with E-state index in [0.717, 1.165) is 37.1 Å². The standard InChI is InChI=1S/C15H18F3N5S/c16-15(17,18)11-2-1-3-12(10-11)23-8-6-22(7-9-23)5-4-13-20-21-14(19)24-13/h1-3,10H,4-9H2,(H2,19,21). The molecular weight excluding hydrogens is 339 g/mol. The molecule has 24 heavy (non-hydrogen) atoms. The molecular formula is C15H18F3N5S. The van der Waals surface area contributed by atoms with Crippen molar-refractivity contribution in [3.8, 4) is 0 Å². The third-order valence-corrected chi connectivity index (χ3v) is 4.85. The van der Waals surface area contributed by atoms with Gasteiger partial charge in [0.2, 0.25) is 5.13 Å². The molecule has 0 bridgehead atoms. The van der Waals surface area contributed by atoms with Gasteiger partial charge in [-0.15, -0.1) is 10.2 Å². The first-order chi connectivity index (χ1) is 11.4. The Hall–Kier alpha value is -1.87. The maximum absolute atomic E-state index is 12.8. The number of alkyl halides is 3. The summed E-state index contributed by atoms with van der Waals surface area (Å²) in [4.78, 5) is 4.27. The predicted molar refractivity (Wildman–Crippen MR) is 88.1 cm³/mol. The summed E-state index contributed by atoms with van der Waals surface area (Å²) in [5.74, 6) is 0. The van der Waals surface area contributed by atoms with Crippen LogP contribution < -0.4 is 10.6 Å². The van der Waals surface area contributed by atoms with Gasteiger partial charge < -0.3 is 10.6 Å². The highest BCUT2D eigenvalue weighted by atomic mass is 32.1. The van der Waals surface area contributed by atoms with Crippen LogP contribution in [0, 0.1) is 0 Å². The smallest absolute Gasteiger partial charge is 0.374 e. The van der Waals surface area contributed by atoms with E-state index < -0.39 is 11.7 Å². The minimum Gasteiger partial charge on any atom is -0.374 e. The van der Waals surface area contributed by atoms with Crippen LogP contribution >= 0.6 is 11.3 Å². The van der Waals surface area contributed by atoms with Crippen molar-refractivity contribution in [2.24, 2.45) is 0 Å². The van der Waals surface area contributed by atoms with Crippen molar-refractivity contribution in [1.29, 1.82) is 0 Å². The van der Waals surface area contributed by atoms with Crippen molar-refractivity contribution < 1.29 is 13.2 Å². The molecule has 0 saturated carbocycles. The topological polar surface area (TPSA) is 58.3 Å². The van der Waals surface area contributed by atoms with Gasteiger partial charge >= 0.3 is 6.18 Å². The fourth-order valence-electron chi connectivity index (χ4n) is 2.73. The monoisotopic (exact) mass is 357 g/mol. The van der Waals surface area contributed by atoms with Gasteiger partial charge in [-0.1, -0.05) is 17.4 Å². The molecule has 9 heteroatoms. The van der Waals surface area contributed by atoms with Crippen LogP contribution in [0.2, 0.25) is 0 Å². The molecule has 0 spiro atoms. The van der Waals surface area contributed by atoms with Gasteiger partial charge in [-0.25, -0.2) is 0 Å². The van der Waals surface area contributed by atoms with Crippen LogP contribution in [0.1, 0.15) is 10.6 Å². The number of anilines is 2. The first-order valence-corrected chi connectivity index (χ1v) is 8.46. The lowest BCUT2D eigenvalue weighted by atomic mass is 10.1. The third kappa shape index (κ3) is 4.15. The van der Waals surface area contributed by atoms with Crippen molar-refractivity contribution in [3.63, 3.8) is 0 Å². The van der Waals surface area contributed by atoms with E-state index in [1.165, 1.54) is 23.5 Å². The Labute approximate surface area is 141 Å². The van der Waals surface area contributed by atoms with Crippen LogP contribution in [-0.4, -0.2) is 47.8 Å². The van der Waals surface area contributed by atoms with Gasteiger partial charge in [-0.2, -0.15) is 13.2 Å². The Morgan fingerprint density at radius 1 is 1.12 bits per heavy atom. The third-order valence-electron chi connectivity index (χ3n) is 4.04. The second kappa shape index (κ2) is 6.94. The Morgan fingerprint density at radius 2 is 1.88 bits per heavy atom. The number of benzene rings is 1.